The number of para-hydroxylation sites is 1. The minimum Gasteiger partial charge on any atom is -0.350 e. The minimum atomic E-state index is -0.339. The highest BCUT2D eigenvalue weighted by atomic mass is 19.1. The van der Waals surface area contributed by atoms with Crippen LogP contribution >= 0.6 is 0 Å². The smallest absolute Gasteiger partial charge is 0.270 e. The molecule has 3 aromatic rings. The van der Waals surface area contributed by atoms with Crippen molar-refractivity contribution in [3.05, 3.63) is 81.9 Å². The lowest BCUT2D eigenvalue weighted by Gasteiger charge is -2.23. The van der Waals surface area contributed by atoms with Crippen LogP contribution in [-0.4, -0.2) is 22.3 Å². The lowest BCUT2D eigenvalue weighted by Crippen LogP contribution is -2.33. The van der Waals surface area contributed by atoms with Crippen LogP contribution in [0.1, 0.15) is 35.8 Å². The number of fused-ring (bicyclic) bond motifs is 1. The van der Waals surface area contributed by atoms with Crippen LogP contribution < -0.4 is 5.43 Å². The first-order valence-electron chi connectivity index (χ1n) is 8.75. The van der Waals surface area contributed by atoms with E-state index in [1.54, 1.807) is 47.4 Å². The zero-order valence-electron chi connectivity index (χ0n) is 14.7. The Labute approximate surface area is 151 Å². The SMILES string of the molecule is CCCCN(Cc1ccccc1F)C(=O)c1cc(=O)c2ccccc2[nH]1. The van der Waals surface area contributed by atoms with Crippen LogP contribution in [0.2, 0.25) is 0 Å². The minimum absolute atomic E-state index is 0.167. The number of aromatic nitrogens is 1. The van der Waals surface area contributed by atoms with Gasteiger partial charge in [0.1, 0.15) is 11.5 Å². The maximum atomic E-state index is 14.0. The van der Waals surface area contributed by atoms with E-state index in [2.05, 4.69) is 4.98 Å². The molecule has 2 aromatic carbocycles. The standard InChI is InChI=1S/C21H21FN2O2/c1-2-3-12-24(14-15-8-4-6-10-17(15)22)21(26)19-13-20(25)16-9-5-7-11-18(16)23-19/h4-11,13H,2-3,12,14H2,1H3,(H,23,25). The Morgan fingerprint density at radius 3 is 2.62 bits per heavy atom. The number of nitrogens with zero attached hydrogens (tertiary/aromatic N) is 1. The van der Waals surface area contributed by atoms with Crippen LogP contribution in [0.15, 0.2) is 59.4 Å². The summed E-state index contributed by atoms with van der Waals surface area (Å²) in [5.74, 6) is -0.640. The molecular weight excluding hydrogens is 331 g/mol. The summed E-state index contributed by atoms with van der Waals surface area (Å²) >= 11 is 0. The predicted molar refractivity (Wildman–Crippen MR) is 101 cm³/mol. The summed E-state index contributed by atoms with van der Waals surface area (Å²) < 4.78 is 14.0. The van der Waals surface area contributed by atoms with Crippen molar-refractivity contribution < 1.29 is 9.18 Å². The van der Waals surface area contributed by atoms with Crippen LogP contribution in [0.5, 0.6) is 0 Å². The molecule has 0 spiro atoms. The highest BCUT2D eigenvalue weighted by Crippen LogP contribution is 2.14. The van der Waals surface area contributed by atoms with Crippen molar-refractivity contribution >= 4 is 16.8 Å². The van der Waals surface area contributed by atoms with E-state index in [9.17, 15) is 14.0 Å². The molecule has 1 amide bonds. The summed E-state index contributed by atoms with van der Waals surface area (Å²) in [5, 5.41) is 0.540. The normalized spacial score (nSPS) is 10.8. The highest BCUT2D eigenvalue weighted by Gasteiger charge is 2.19. The van der Waals surface area contributed by atoms with Crippen molar-refractivity contribution in [1.29, 1.82) is 0 Å². The number of halogens is 1. The fraction of sp³-hybridized carbons (Fsp3) is 0.238. The van der Waals surface area contributed by atoms with E-state index in [1.807, 2.05) is 6.92 Å². The summed E-state index contributed by atoms with van der Waals surface area (Å²) in [6.07, 6.45) is 1.72. The third-order valence-corrected chi connectivity index (χ3v) is 4.36. The van der Waals surface area contributed by atoms with Crippen molar-refractivity contribution in [1.82, 2.24) is 9.88 Å². The van der Waals surface area contributed by atoms with Gasteiger partial charge in [0.15, 0.2) is 5.43 Å². The van der Waals surface area contributed by atoms with Gasteiger partial charge in [0.05, 0.1) is 0 Å². The van der Waals surface area contributed by atoms with Gasteiger partial charge in [0.2, 0.25) is 0 Å². The van der Waals surface area contributed by atoms with Gasteiger partial charge in [-0.15, -0.1) is 0 Å². The molecule has 0 fully saturated rings. The first-order valence-corrected chi connectivity index (χ1v) is 8.75. The van der Waals surface area contributed by atoms with E-state index < -0.39 is 0 Å². The van der Waals surface area contributed by atoms with Gasteiger partial charge in [0, 0.05) is 35.6 Å². The lowest BCUT2D eigenvalue weighted by molar-refractivity contribution is 0.0733. The fourth-order valence-corrected chi connectivity index (χ4v) is 2.92. The van der Waals surface area contributed by atoms with Crippen LogP contribution in [0.4, 0.5) is 4.39 Å². The van der Waals surface area contributed by atoms with Gasteiger partial charge >= 0.3 is 0 Å². The Balaban J connectivity index is 1.94. The van der Waals surface area contributed by atoms with Crippen molar-refractivity contribution in [2.24, 2.45) is 0 Å². The molecule has 1 heterocycles. The second-order valence-corrected chi connectivity index (χ2v) is 6.26. The molecule has 0 radical (unpaired) electrons. The first-order chi connectivity index (χ1) is 12.6. The van der Waals surface area contributed by atoms with Gasteiger partial charge in [-0.2, -0.15) is 0 Å². The molecule has 0 unspecified atom stereocenters. The molecular formula is C21H21FN2O2. The molecule has 0 aliphatic rings. The number of amides is 1. The van der Waals surface area contributed by atoms with Crippen LogP contribution in [0.3, 0.4) is 0 Å². The average molecular weight is 352 g/mol. The number of hydrogen-bond acceptors (Lipinski definition) is 2. The number of carbonyl (C=O) groups is 1. The molecule has 0 saturated carbocycles. The van der Waals surface area contributed by atoms with Gasteiger partial charge in [-0.05, 0) is 24.6 Å². The first kappa shape index (κ1) is 17.9. The molecule has 26 heavy (non-hydrogen) atoms. The van der Waals surface area contributed by atoms with Crippen LogP contribution in [0, 0.1) is 5.82 Å². The molecule has 134 valence electrons. The quantitative estimate of drug-likeness (QED) is 0.726. The van der Waals surface area contributed by atoms with Crippen molar-refractivity contribution in [3.8, 4) is 0 Å². The van der Waals surface area contributed by atoms with Crippen molar-refractivity contribution in [2.75, 3.05) is 6.54 Å². The number of benzene rings is 2. The monoisotopic (exact) mass is 352 g/mol. The number of hydrogen-bond donors (Lipinski definition) is 1. The summed E-state index contributed by atoms with van der Waals surface area (Å²) in [5.41, 5.74) is 1.09. The number of rotatable bonds is 6. The van der Waals surface area contributed by atoms with E-state index in [0.29, 0.717) is 23.0 Å². The summed E-state index contributed by atoms with van der Waals surface area (Å²) in [7, 11) is 0. The third-order valence-electron chi connectivity index (χ3n) is 4.36. The molecule has 0 atom stereocenters. The number of pyridine rings is 1. The molecule has 4 nitrogen and oxygen atoms in total. The van der Waals surface area contributed by atoms with Crippen LogP contribution in [-0.2, 0) is 6.54 Å². The number of H-pyrrole nitrogens is 1. The van der Waals surface area contributed by atoms with Gasteiger partial charge in [0.25, 0.3) is 5.91 Å². The van der Waals surface area contributed by atoms with E-state index in [1.165, 1.54) is 12.1 Å². The predicted octanol–water partition coefficient (Wildman–Crippen LogP) is 4.11. The fourth-order valence-electron chi connectivity index (χ4n) is 2.92. The molecule has 0 saturated heterocycles. The van der Waals surface area contributed by atoms with Crippen molar-refractivity contribution in [2.45, 2.75) is 26.3 Å². The highest BCUT2D eigenvalue weighted by molar-refractivity contribution is 5.94. The molecule has 0 bridgehead atoms. The average Bonchev–Trinajstić information content (AvgIpc) is 2.66. The van der Waals surface area contributed by atoms with Crippen molar-refractivity contribution in [3.63, 3.8) is 0 Å². The number of nitrogens with one attached hydrogen (secondary N) is 1. The van der Waals surface area contributed by atoms with E-state index >= 15 is 0 Å². The van der Waals surface area contributed by atoms with Gasteiger partial charge in [-0.25, -0.2) is 4.39 Å². The number of carbonyl (C=O) groups excluding carboxylic acids is 1. The second-order valence-electron chi connectivity index (χ2n) is 6.26. The molecule has 0 aliphatic carbocycles. The second kappa shape index (κ2) is 7.95. The topological polar surface area (TPSA) is 53.2 Å². The van der Waals surface area contributed by atoms with Crippen LogP contribution in [0.25, 0.3) is 10.9 Å². The van der Waals surface area contributed by atoms with Gasteiger partial charge in [-0.1, -0.05) is 43.7 Å². The van der Waals surface area contributed by atoms with Gasteiger partial charge in [-0.3, -0.25) is 9.59 Å². The summed E-state index contributed by atoms with van der Waals surface area (Å²) in [4.78, 5) is 29.9. The maximum Gasteiger partial charge on any atom is 0.270 e. The maximum absolute atomic E-state index is 14.0. The number of unbranched alkanes of at least 4 members (excludes halogenated alkanes) is 1. The lowest BCUT2D eigenvalue weighted by atomic mass is 10.1. The molecule has 1 aromatic heterocycles. The summed E-state index contributed by atoms with van der Waals surface area (Å²) in [6, 6.07) is 14.8. The largest absolute Gasteiger partial charge is 0.350 e. The Bertz CT molecular complexity index is 981. The Hall–Kier alpha value is -2.95. The Morgan fingerprint density at radius 1 is 1.12 bits per heavy atom. The molecule has 1 N–H and O–H groups in total. The molecule has 0 aliphatic heterocycles. The summed E-state index contributed by atoms with van der Waals surface area (Å²) in [6.45, 7) is 2.70. The van der Waals surface area contributed by atoms with E-state index in [4.69, 9.17) is 0 Å². The molecule has 5 heteroatoms. The Morgan fingerprint density at radius 2 is 1.85 bits per heavy atom. The zero-order chi connectivity index (χ0) is 18.5. The zero-order valence-corrected chi connectivity index (χ0v) is 14.7. The van der Waals surface area contributed by atoms with Gasteiger partial charge < -0.3 is 9.88 Å². The molecule has 3 rings (SSSR count). The number of aromatic amines is 1. The third kappa shape index (κ3) is 3.82. The Kier molecular flexibility index (Phi) is 5.46. The van der Waals surface area contributed by atoms with E-state index in [-0.39, 0.29) is 29.4 Å². The van der Waals surface area contributed by atoms with E-state index in [0.717, 1.165) is 12.8 Å².